The molecular formula is C23H25Cl2N3O3S. The van der Waals surface area contributed by atoms with Crippen LogP contribution in [0.15, 0.2) is 52.3 Å². The Labute approximate surface area is 203 Å². The van der Waals surface area contributed by atoms with Gasteiger partial charge in [0.2, 0.25) is 0 Å². The van der Waals surface area contributed by atoms with Gasteiger partial charge >= 0.3 is 6.09 Å². The van der Waals surface area contributed by atoms with E-state index < -0.39 is 11.7 Å². The Kier molecular flexibility index (Phi) is 6.63. The molecule has 6 nitrogen and oxygen atoms in total. The van der Waals surface area contributed by atoms with Gasteiger partial charge in [-0.1, -0.05) is 35.5 Å². The molecule has 2 saturated heterocycles. The van der Waals surface area contributed by atoms with Crippen molar-refractivity contribution < 1.29 is 14.3 Å². The van der Waals surface area contributed by atoms with Crippen molar-refractivity contribution in [3.05, 3.63) is 47.5 Å². The maximum absolute atomic E-state index is 12.4. The Bertz CT molecular complexity index is 1040. The number of rotatable bonds is 4. The first-order chi connectivity index (χ1) is 15.0. The number of piperidine rings is 1. The fraction of sp³-hybridized carbons (Fsp3) is 0.391. The number of likely N-dealkylation sites (tertiary alicyclic amines) is 1. The standard InChI is InChI=1S/C23H24ClN3O3S.ClH/c1-25-21(28)23(30-22(25)29)9-13-26(14-10-23)11-4-12-27-17-5-2-3-6-19(17)31-20-8-7-16(24)15-18(20)27;/h2-3,5-8,15H,4,9-14H2,1H3;1H. The van der Waals surface area contributed by atoms with Crippen LogP contribution in [-0.4, -0.2) is 60.6 Å². The van der Waals surface area contributed by atoms with Crippen molar-refractivity contribution in [2.45, 2.75) is 34.7 Å². The molecule has 0 bridgehead atoms. The van der Waals surface area contributed by atoms with Crippen molar-refractivity contribution >= 4 is 59.1 Å². The molecule has 1 spiro atoms. The van der Waals surface area contributed by atoms with Crippen LogP contribution in [0.5, 0.6) is 0 Å². The Balaban J connectivity index is 0.00000245. The van der Waals surface area contributed by atoms with Gasteiger partial charge in [0, 0.05) is 54.3 Å². The van der Waals surface area contributed by atoms with Gasteiger partial charge in [-0.25, -0.2) is 9.69 Å². The number of amides is 2. The van der Waals surface area contributed by atoms with Crippen molar-refractivity contribution in [1.82, 2.24) is 9.80 Å². The van der Waals surface area contributed by atoms with E-state index in [4.69, 9.17) is 16.3 Å². The highest BCUT2D eigenvalue weighted by molar-refractivity contribution is 7.99. The van der Waals surface area contributed by atoms with Crippen LogP contribution in [0.4, 0.5) is 16.2 Å². The molecule has 0 unspecified atom stereocenters. The lowest BCUT2D eigenvalue weighted by Crippen LogP contribution is -2.50. The molecule has 0 N–H and O–H groups in total. The number of anilines is 2. The third kappa shape index (κ3) is 4.07. The summed E-state index contributed by atoms with van der Waals surface area (Å²) in [5.74, 6) is -0.201. The number of likely N-dealkylation sites (N-methyl/N-ethyl adjacent to an activating group) is 1. The maximum atomic E-state index is 12.4. The fourth-order valence-electron chi connectivity index (χ4n) is 4.62. The van der Waals surface area contributed by atoms with E-state index in [9.17, 15) is 9.59 Å². The summed E-state index contributed by atoms with van der Waals surface area (Å²) in [6.07, 6.45) is 1.57. The molecule has 0 saturated carbocycles. The zero-order chi connectivity index (χ0) is 21.6. The summed E-state index contributed by atoms with van der Waals surface area (Å²) in [5, 5.41) is 0.741. The maximum Gasteiger partial charge on any atom is 0.417 e. The zero-order valence-corrected chi connectivity index (χ0v) is 20.1. The highest BCUT2D eigenvalue weighted by atomic mass is 35.5. The molecular weight excluding hydrogens is 469 g/mol. The normalized spacial score (nSPS) is 19.4. The van der Waals surface area contributed by atoms with Gasteiger partial charge in [0.25, 0.3) is 5.91 Å². The number of hydrogen-bond donors (Lipinski definition) is 0. The zero-order valence-electron chi connectivity index (χ0n) is 17.8. The van der Waals surface area contributed by atoms with Gasteiger partial charge in [-0.05, 0) is 43.3 Å². The van der Waals surface area contributed by atoms with Crippen molar-refractivity contribution in [3.63, 3.8) is 0 Å². The summed E-state index contributed by atoms with van der Waals surface area (Å²) in [6, 6.07) is 14.5. The summed E-state index contributed by atoms with van der Waals surface area (Å²) in [6.45, 7) is 3.31. The minimum atomic E-state index is -0.943. The molecule has 2 aromatic rings. The third-order valence-corrected chi connectivity index (χ3v) is 7.72. The van der Waals surface area contributed by atoms with Gasteiger partial charge in [-0.2, -0.15) is 0 Å². The fourth-order valence-corrected chi connectivity index (χ4v) is 5.86. The first-order valence-corrected chi connectivity index (χ1v) is 11.7. The van der Waals surface area contributed by atoms with Crippen molar-refractivity contribution in [3.8, 4) is 0 Å². The Morgan fingerprint density at radius 1 is 1.03 bits per heavy atom. The van der Waals surface area contributed by atoms with Crippen molar-refractivity contribution in [1.29, 1.82) is 0 Å². The number of imide groups is 1. The lowest BCUT2D eigenvalue weighted by molar-refractivity contribution is -0.139. The number of nitrogens with zero attached hydrogens (tertiary/aromatic N) is 3. The average molecular weight is 494 g/mol. The first-order valence-electron chi connectivity index (χ1n) is 10.5. The van der Waals surface area contributed by atoms with Crippen LogP contribution in [0.3, 0.4) is 0 Å². The van der Waals surface area contributed by atoms with E-state index in [0.717, 1.165) is 48.2 Å². The summed E-state index contributed by atoms with van der Waals surface area (Å²) in [5.41, 5.74) is 1.42. The molecule has 0 aliphatic carbocycles. The highest BCUT2D eigenvalue weighted by Gasteiger charge is 2.53. The number of ether oxygens (including phenoxy) is 1. The van der Waals surface area contributed by atoms with E-state index in [-0.39, 0.29) is 18.3 Å². The molecule has 3 aliphatic rings. The molecule has 0 radical (unpaired) electrons. The van der Waals surface area contributed by atoms with Gasteiger partial charge in [0.05, 0.1) is 11.4 Å². The van der Waals surface area contributed by atoms with E-state index in [0.29, 0.717) is 12.8 Å². The molecule has 2 amide bonds. The average Bonchev–Trinajstić information content (AvgIpc) is 2.98. The number of benzene rings is 2. The van der Waals surface area contributed by atoms with Crippen LogP contribution in [0, 0.1) is 0 Å². The van der Waals surface area contributed by atoms with Crippen LogP contribution in [0.25, 0.3) is 0 Å². The van der Waals surface area contributed by atoms with Crippen LogP contribution in [-0.2, 0) is 9.53 Å². The number of carbonyl (C=O) groups is 2. The number of halogens is 2. The predicted molar refractivity (Wildman–Crippen MR) is 129 cm³/mol. The van der Waals surface area contributed by atoms with E-state index in [1.807, 2.05) is 12.1 Å². The largest absolute Gasteiger partial charge is 0.432 e. The van der Waals surface area contributed by atoms with E-state index in [2.05, 4.69) is 40.1 Å². The Morgan fingerprint density at radius 3 is 2.47 bits per heavy atom. The predicted octanol–water partition coefficient (Wildman–Crippen LogP) is 5.20. The first kappa shape index (κ1) is 23.2. The number of para-hydroxylation sites is 1. The second-order valence-corrected chi connectivity index (χ2v) is 9.78. The molecule has 32 heavy (non-hydrogen) atoms. The van der Waals surface area contributed by atoms with E-state index >= 15 is 0 Å². The molecule has 0 atom stereocenters. The minimum absolute atomic E-state index is 0. The lowest BCUT2D eigenvalue weighted by atomic mass is 9.90. The van der Waals surface area contributed by atoms with Gasteiger partial charge < -0.3 is 14.5 Å². The molecule has 2 fully saturated rings. The van der Waals surface area contributed by atoms with Crippen LogP contribution < -0.4 is 4.90 Å². The molecule has 5 rings (SSSR count). The third-order valence-electron chi connectivity index (χ3n) is 6.36. The summed E-state index contributed by atoms with van der Waals surface area (Å²) >= 11 is 8.09. The van der Waals surface area contributed by atoms with Gasteiger partial charge in [0.15, 0.2) is 5.60 Å². The second-order valence-electron chi connectivity index (χ2n) is 8.26. The minimum Gasteiger partial charge on any atom is -0.432 e. The summed E-state index contributed by atoms with van der Waals surface area (Å²) in [7, 11) is 1.49. The molecule has 0 aromatic heterocycles. The lowest BCUT2D eigenvalue weighted by Gasteiger charge is -2.37. The topological polar surface area (TPSA) is 53.1 Å². The Morgan fingerprint density at radius 2 is 1.75 bits per heavy atom. The van der Waals surface area contributed by atoms with Crippen LogP contribution in [0.1, 0.15) is 19.3 Å². The van der Waals surface area contributed by atoms with Crippen LogP contribution in [0.2, 0.25) is 5.02 Å². The molecule has 3 heterocycles. The second kappa shape index (κ2) is 9.14. The van der Waals surface area contributed by atoms with Gasteiger partial charge in [-0.3, -0.25) is 4.79 Å². The van der Waals surface area contributed by atoms with Crippen LogP contribution >= 0.6 is 35.8 Å². The monoisotopic (exact) mass is 493 g/mol. The van der Waals surface area contributed by atoms with Crippen molar-refractivity contribution in [2.75, 3.05) is 38.1 Å². The molecule has 9 heteroatoms. The molecule has 2 aromatic carbocycles. The highest BCUT2D eigenvalue weighted by Crippen LogP contribution is 2.48. The summed E-state index contributed by atoms with van der Waals surface area (Å²) < 4.78 is 5.44. The smallest absolute Gasteiger partial charge is 0.417 e. The molecule has 170 valence electrons. The summed E-state index contributed by atoms with van der Waals surface area (Å²) in [4.78, 5) is 32.5. The number of hydrogen-bond acceptors (Lipinski definition) is 6. The quantitative estimate of drug-likeness (QED) is 0.583. The van der Waals surface area contributed by atoms with Crippen molar-refractivity contribution in [2.24, 2.45) is 0 Å². The van der Waals surface area contributed by atoms with Gasteiger partial charge in [-0.15, -0.1) is 12.4 Å². The number of carbonyl (C=O) groups excluding carboxylic acids is 2. The number of fused-ring (bicyclic) bond motifs is 2. The van der Waals surface area contributed by atoms with Gasteiger partial charge in [0.1, 0.15) is 0 Å². The van der Waals surface area contributed by atoms with E-state index in [1.165, 1.54) is 22.5 Å². The van der Waals surface area contributed by atoms with E-state index in [1.54, 1.807) is 11.8 Å². The molecule has 3 aliphatic heterocycles. The SMILES string of the molecule is CN1C(=O)OC2(CCN(CCCN3c4ccccc4Sc4ccc(Cl)cc43)CC2)C1=O.Cl. The Hall–Kier alpha value is -1.93.